The van der Waals surface area contributed by atoms with Gasteiger partial charge in [-0.1, -0.05) is 39.7 Å². The Balaban J connectivity index is 3.47. The predicted molar refractivity (Wildman–Crippen MR) is 97.3 cm³/mol. The molecule has 1 aromatic carbocycles. The smallest absolute Gasteiger partial charge is 0.298 e. The van der Waals surface area contributed by atoms with E-state index in [0.717, 1.165) is 11.6 Å². The Bertz CT molecular complexity index is 619. The van der Waals surface area contributed by atoms with E-state index in [-0.39, 0.29) is 5.02 Å². The fourth-order valence-electron chi connectivity index (χ4n) is 1.89. The van der Waals surface area contributed by atoms with Gasteiger partial charge in [-0.2, -0.15) is 8.78 Å². The van der Waals surface area contributed by atoms with E-state index in [4.69, 9.17) is 20.6 Å². The van der Waals surface area contributed by atoms with Gasteiger partial charge in [-0.05, 0) is 53.2 Å². The van der Waals surface area contributed by atoms with Crippen molar-refractivity contribution in [1.29, 1.82) is 0 Å². The molecule has 1 rings (SSSR count). The SMILES string of the molecule is CC(C)(C)OP(=O)(OC(C)(C)C)C(F)(F)c1ccc(CBr)cc1Cl. The first-order valence-electron chi connectivity index (χ1n) is 7.36. The largest absolute Gasteiger partial charge is 0.405 e. The van der Waals surface area contributed by atoms with Crippen LogP contribution in [0.3, 0.4) is 0 Å². The topological polar surface area (TPSA) is 35.5 Å². The lowest BCUT2D eigenvalue weighted by Crippen LogP contribution is -2.30. The summed E-state index contributed by atoms with van der Waals surface area (Å²) in [7, 11) is -4.87. The van der Waals surface area contributed by atoms with Crippen LogP contribution in [0.2, 0.25) is 5.02 Å². The number of alkyl halides is 3. The lowest BCUT2D eigenvalue weighted by atomic mass is 10.1. The highest BCUT2D eigenvalue weighted by atomic mass is 79.9. The Morgan fingerprint density at radius 3 is 1.88 bits per heavy atom. The lowest BCUT2D eigenvalue weighted by Gasteiger charge is -2.36. The zero-order valence-corrected chi connectivity index (χ0v) is 17.9. The van der Waals surface area contributed by atoms with Crippen molar-refractivity contribution in [3.05, 3.63) is 34.3 Å². The molecule has 0 aliphatic carbocycles. The first-order chi connectivity index (χ1) is 10.6. The molecule has 0 bridgehead atoms. The van der Waals surface area contributed by atoms with Gasteiger partial charge in [-0.25, -0.2) is 0 Å². The molecule has 0 N–H and O–H groups in total. The van der Waals surface area contributed by atoms with E-state index in [0.29, 0.717) is 5.33 Å². The molecule has 0 saturated heterocycles. The van der Waals surface area contributed by atoms with Crippen molar-refractivity contribution in [2.45, 2.75) is 63.7 Å². The summed E-state index contributed by atoms with van der Waals surface area (Å²) in [6, 6.07) is 4.05. The molecule has 0 radical (unpaired) electrons. The van der Waals surface area contributed by atoms with Gasteiger partial charge in [0.1, 0.15) is 0 Å². The normalized spacial score (nSPS) is 14.1. The van der Waals surface area contributed by atoms with Gasteiger partial charge in [-0.3, -0.25) is 13.6 Å². The van der Waals surface area contributed by atoms with Crippen LogP contribution in [0.4, 0.5) is 8.78 Å². The van der Waals surface area contributed by atoms with E-state index in [9.17, 15) is 4.57 Å². The highest BCUT2D eigenvalue weighted by molar-refractivity contribution is 9.08. The fraction of sp³-hybridized carbons (Fsp3) is 0.625. The summed E-state index contributed by atoms with van der Waals surface area (Å²) in [5, 5.41) is 0.278. The monoisotopic (exact) mass is 446 g/mol. The van der Waals surface area contributed by atoms with Gasteiger partial charge >= 0.3 is 13.3 Å². The summed E-state index contributed by atoms with van der Waals surface area (Å²) in [4.78, 5) is 0. The number of hydrogen-bond donors (Lipinski definition) is 0. The highest BCUT2D eigenvalue weighted by Crippen LogP contribution is 2.70. The fourth-order valence-corrected chi connectivity index (χ4v) is 4.82. The summed E-state index contributed by atoms with van der Waals surface area (Å²) >= 11 is 9.24. The number of benzene rings is 1. The van der Waals surface area contributed by atoms with E-state index < -0.39 is 30.0 Å². The zero-order valence-electron chi connectivity index (χ0n) is 14.6. The highest BCUT2D eigenvalue weighted by Gasteiger charge is 2.59. The molecule has 8 heteroatoms. The Kier molecular flexibility index (Phi) is 6.72. The second kappa shape index (κ2) is 7.32. The van der Waals surface area contributed by atoms with E-state index in [1.165, 1.54) is 53.7 Å². The molecule has 0 atom stereocenters. The van der Waals surface area contributed by atoms with Crippen LogP contribution in [0, 0.1) is 0 Å². The molecule has 138 valence electrons. The van der Waals surface area contributed by atoms with Crippen LogP contribution in [0.5, 0.6) is 0 Å². The molecule has 24 heavy (non-hydrogen) atoms. The van der Waals surface area contributed by atoms with Crippen LogP contribution in [0.25, 0.3) is 0 Å². The van der Waals surface area contributed by atoms with Gasteiger partial charge in [0.15, 0.2) is 0 Å². The van der Waals surface area contributed by atoms with Gasteiger partial charge in [0.2, 0.25) is 0 Å². The van der Waals surface area contributed by atoms with E-state index in [1.807, 2.05) is 0 Å². The third kappa shape index (κ3) is 5.50. The summed E-state index contributed by atoms with van der Waals surface area (Å²) in [5.74, 6) is 0. The molecule has 0 aromatic heterocycles. The Morgan fingerprint density at radius 1 is 1.08 bits per heavy atom. The van der Waals surface area contributed by atoms with Crippen LogP contribution >= 0.6 is 35.1 Å². The summed E-state index contributed by atoms with van der Waals surface area (Å²) in [5.41, 5.74) is -5.93. The van der Waals surface area contributed by atoms with Crippen molar-refractivity contribution >= 4 is 35.1 Å². The van der Waals surface area contributed by atoms with Gasteiger partial charge in [0.05, 0.1) is 21.8 Å². The zero-order chi connectivity index (χ0) is 19.0. The second-order valence-electron chi connectivity index (χ2n) is 7.39. The quantitative estimate of drug-likeness (QED) is 0.356. The third-order valence-corrected chi connectivity index (χ3v) is 6.11. The maximum atomic E-state index is 15.2. The molecule has 0 aliphatic rings. The van der Waals surface area contributed by atoms with Crippen molar-refractivity contribution in [3.8, 4) is 0 Å². The predicted octanol–water partition coefficient (Wildman–Crippen LogP) is 7.11. The second-order valence-corrected chi connectivity index (χ2v) is 10.3. The van der Waals surface area contributed by atoms with E-state index in [1.54, 1.807) is 0 Å². The Morgan fingerprint density at radius 2 is 1.54 bits per heavy atom. The summed E-state index contributed by atoms with van der Waals surface area (Å²) in [6.07, 6.45) is 0. The van der Waals surface area contributed by atoms with Crippen molar-refractivity contribution < 1.29 is 22.4 Å². The minimum atomic E-state index is -4.87. The number of halogens is 4. The summed E-state index contributed by atoms with van der Waals surface area (Å²) < 4.78 is 53.9. The number of rotatable bonds is 5. The first kappa shape index (κ1) is 22.0. The molecular formula is C16H23BrClF2O3P. The average molecular weight is 448 g/mol. The van der Waals surface area contributed by atoms with Crippen LogP contribution in [-0.2, 0) is 24.6 Å². The molecule has 0 spiro atoms. The molecule has 0 unspecified atom stereocenters. The van der Waals surface area contributed by atoms with E-state index >= 15 is 8.78 Å². The van der Waals surface area contributed by atoms with Gasteiger partial charge in [0, 0.05) is 5.33 Å². The molecule has 0 amide bonds. The van der Waals surface area contributed by atoms with Crippen LogP contribution in [0.15, 0.2) is 18.2 Å². The molecule has 0 heterocycles. The average Bonchev–Trinajstić information content (AvgIpc) is 2.33. The van der Waals surface area contributed by atoms with Crippen molar-refractivity contribution in [1.82, 2.24) is 0 Å². The van der Waals surface area contributed by atoms with Gasteiger partial charge in [0.25, 0.3) is 0 Å². The van der Waals surface area contributed by atoms with Crippen molar-refractivity contribution in [3.63, 3.8) is 0 Å². The van der Waals surface area contributed by atoms with Crippen molar-refractivity contribution in [2.24, 2.45) is 0 Å². The van der Waals surface area contributed by atoms with E-state index in [2.05, 4.69) is 15.9 Å². The third-order valence-electron chi connectivity index (χ3n) is 2.64. The summed E-state index contributed by atoms with van der Waals surface area (Å²) in [6.45, 7) is 9.23. The van der Waals surface area contributed by atoms with Crippen molar-refractivity contribution in [2.75, 3.05) is 0 Å². The minimum absolute atomic E-state index is 0.188. The molecule has 0 fully saturated rings. The van der Waals surface area contributed by atoms with Crippen LogP contribution < -0.4 is 0 Å². The molecular weight excluding hydrogens is 424 g/mol. The maximum Gasteiger partial charge on any atom is 0.405 e. The maximum absolute atomic E-state index is 15.2. The van der Waals surface area contributed by atoms with Crippen LogP contribution in [-0.4, -0.2) is 11.2 Å². The Labute approximate surface area is 155 Å². The number of hydrogen-bond acceptors (Lipinski definition) is 3. The molecule has 1 aromatic rings. The minimum Gasteiger partial charge on any atom is -0.298 e. The Hall–Kier alpha value is -0.0000000000000000555. The standard InChI is InChI=1S/C16H23BrClF2O3P/c1-14(2,3)22-24(21,23-15(4,5)6)16(19,20)12-8-7-11(10-17)9-13(12)18/h7-9H,10H2,1-6H3. The molecule has 0 aliphatic heterocycles. The first-order valence-corrected chi connectivity index (χ1v) is 10.4. The van der Waals surface area contributed by atoms with Gasteiger partial charge < -0.3 is 0 Å². The molecule has 0 saturated carbocycles. The van der Waals surface area contributed by atoms with Crippen LogP contribution in [0.1, 0.15) is 52.7 Å². The lowest BCUT2D eigenvalue weighted by molar-refractivity contribution is -0.0212. The van der Waals surface area contributed by atoms with Gasteiger partial charge in [-0.15, -0.1) is 0 Å². The molecule has 3 nitrogen and oxygen atoms in total.